The first-order chi connectivity index (χ1) is 10.7. The lowest BCUT2D eigenvalue weighted by atomic mass is 10.2. The third-order valence-electron chi connectivity index (χ3n) is 3.57. The van der Waals surface area contributed by atoms with Crippen molar-refractivity contribution in [2.75, 3.05) is 31.6 Å². The molecule has 0 bridgehead atoms. The second-order valence-corrected chi connectivity index (χ2v) is 6.45. The Morgan fingerprint density at radius 1 is 1.45 bits per heavy atom. The van der Waals surface area contributed by atoms with Gasteiger partial charge in [-0.2, -0.15) is 0 Å². The van der Waals surface area contributed by atoms with Crippen LogP contribution in [0.25, 0.3) is 10.2 Å². The number of morpholine rings is 1. The third-order valence-corrected chi connectivity index (χ3v) is 4.95. The van der Waals surface area contributed by atoms with E-state index in [-0.39, 0.29) is 5.91 Å². The predicted molar refractivity (Wildman–Crippen MR) is 92.6 cm³/mol. The summed E-state index contributed by atoms with van der Waals surface area (Å²) in [5.74, 6) is -0.272. The molecule has 116 valence electrons. The molecule has 0 spiro atoms. The van der Waals surface area contributed by atoms with Crippen molar-refractivity contribution in [3.63, 3.8) is 0 Å². The minimum Gasteiger partial charge on any atom is -0.378 e. The Morgan fingerprint density at radius 3 is 2.95 bits per heavy atom. The van der Waals surface area contributed by atoms with E-state index >= 15 is 0 Å². The van der Waals surface area contributed by atoms with Gasteiger partial charge in [0.05, 0.1) is 23.4 Å². The van der Waals surface area contributed by atoms with Gasteiger partial charge in [-0.3, -0.25) is 10.1 Å². The van der Waals surface area contributed by atoms with E-state index in [4.69, 9.17) is 17.0 Å². The molecule has 1 amide bonds. The first-order valence-electron chi connectivity index (χ1n) is 7.25. The first kappa shape index (κ1) is 15.3. The van der Waals surface area contributed by atoms with Gasteiger partial charge < -0.3 is 9.64 Å². The van der Waals surface area contributed by atoms with Crippen molar-refractivity contribution in [3.05, 3.63) is 23.8 Å². The van der Waals surface area contributed by atoms with Gasteiger partial charge in [0.1, 0.15) is 0 Å². The highest BCUT2D eigenvalue weighted by Crippen LogP contribution is 2.27. The van der Waals surface area contributed by atoms with Crippen LogP contribution >= 0.6 is 23.6 Å². The van der Waals surface area contributed by atoms with Crippen LogP contribution in [0.3, 0.4) is 0 Å². The second-order valence-electron chi connectivity index (χ2n) is 5.03. The highest BCUT2D eigenvalue weighted by Gasteiger charge is 2.20. The van der Waals surface area contributed by atoms with E-state index in [0.717, 1.165) is 16.6 Å². The fourth-order valence-corrected chi connectivity index (χ4v) is 3.46. The summed E-state index contributed by atoms with van der Waals surface area (Å²) in [6, 6.07) is 6.16. The molecule has 0 saturated carbocycles. The lowest BCUT2D eigenvalue weighted by Crippen LogP contribution is -2.44. The number of benzene rings is 1. The number of anilines is 1. The number of carbonyl (C=O) groups excluding carboxylic acids is 1. The molecule has 7 heteroatoms. The minimum atomic E-state index is -0.272. The summed E-state index contributed by atoms with van der Waals surface area (Å²) in [6.07, 6.45) is 0.983. The van der Waals surface area contributed by atoms with Crippen LogP contribution in [0.4, 0.5) is 5.13 Å². The van der Waals surface area contributed by atoms with E-state index in [2.05, 4.69) is 29.4 Å². The number of thiocarbonyl (C=S) groups is 1. The Hall–Kier alpha value is -1.57. The Morgan fingerprint density at radius 2 is 2.23 bits per heavy atom. The minimum absolute atomic E-state index is 0.272. The molecular weight excluding hydrogens is 318 g/mol. The summed E-state index contributed by atoms with van der Waals surface area (Å²) in [7, 11) is 0. The van der Waals surface area contributed by atoms with E-state index in [0.29, 0.717) is 36.4 Å². The van der Waals surface area contributed by atoms with E-state index in [1.807, 2.05) is 11.0 Å². The van der Waals surface area contributed by atoms with Crippen molar-refractivity contribution < 1.29 is 9.53 Å². The Kier molecular flexibility index (Phi) is 4.66. The first-order valence-corrected chi connectivity index (χ1v) is 8.47. The van der Waals surface area contributed by atoms with Crippen LogP contribution in [0.2, 0.25) is 0 Å². The number of aromatic nitrogens is 1. The normalized spacial score (nSPS) is 15.0. The maximum absolute atomic E-state index is 12.2. The number of thiazole rings is 1. The molecule has 1 N–H and O–H groups in total. The van der Waals surface area contributed by atoms with Gasteiger partial charge in [-0.15, -0.1) is 0 Å². The van der Waals surface area contributed by atoms with Crippen LogP contribution in [0.5, 0.6) is 0 Å². The highest BCUT2D eigenvalue weighted by molar-refractivity contribution is 7.82. The van der Waals surface area contributed by atoms with Gasteiger partial charge in [0.25, 0.3) is 5.91 Å². The van der Waals surface area contributed by atoms with Crippen molar-refractivity contribution in [2.45, 2.75) is 13.3 Å². The molecule has 1 saturated heterocycles. The van der Waals surface area contributed by atoms with E-state index in [9.17, 15) is 4.79 Å². The van der Waals surface area contributed by atoms with Crippen molar-refractivity contribution in [1.82, 2.24) is 9.88 Å². The van der Waals surface area contributed by atoms with Gasteiger partial charge >= 0.3 is 0 Å². The SMILES string of the molecule is CCc1ccc2nc(NC(=O)C(=S)N3CCOCC3)sc2c1. The van der Waals surface area contributed by atoms with Gasteiger partial charge in [-0.1, -0.05) is 36.5 Å². The largest absolute Gasteiger partial charge is 0.378 e. The summed E-state index contributed by atoms with van der Waals surface area (Å²) in [6.45, 7) is 4.65. The Labute approximate surface area is 138 Å². The van der Waals surface area contributed by atoms with Crippen LogP contribution < -0.4 is 5.32 Å². The zero-order valence-electron chi connectivity index (χ0n) is 12.3. The number of rotatable bonds is 2. The van der Waals surface area contributed by atoms with Crippen molar-refractivity contribution in [2.24, 2.45) is 0 Å². The summed E-state index contributed by atoms with van der Waals surface area (Å²) in [4.78, 5) is 18.9. The monoisotopic (exact) mass is 335 g/mol. The molecule has 0 atom stereocenters. The Bertz CT molecular complexity index is 708. The molecule has 22 heavy (non-hydrogen) atoms. The van der Waals surface area contributed by atoms with Crippen molar-refractivity contribution in [3.8, 4) is 0 Å². The second kappa shape index (κ2) is 6.68. The van der Waals surface area contributed by atoms with Crippen LogP contribution in [-0.4, -0.2) is 47.1 Å². The molecule has 1 aromatic carbocycles. The molecule has 0 radical (unpaired) electrons. The Balaban J connectivity index is 1.71. The van der Waals surface area contributed by atoms with E-state index in [1.165, 1.54) is 16.9 Å². The van der Waals surface area contributed by atoms with Gasteiger partial charge in [-0.25, -0.2) is 4.98 Å². The third kappa shape index (κ3) is 3.26. The maximum atomic E-state index is 12.2. The zero-order chi connectivity index (χ0) is 15.5. The summed E-state index contributed by atoms with van der Waals surface area (Å²) >= 11 is 6.72. The number of aryl methyl sites for hydroxylation is 1. The van der Waals surface area contributed by atoms with Crippen LogP contribution in [-0.2, 0) is 16.0 Å². The average Bonchev–Trinajstić information content (AvgIpc) is 2.95. The number of hydrogen-bond acceptors (Lipinski definition) is 5. The fraction of sp³-hybridized carbons (Fsp3) is 0.400. The molecule has 3 rings (SSSR count). The lowest BCUT2D eigenvalue weighted by Gasteiger charge is -2.28. The fourth-order valence-electron chi connectivity index (χ4n) is 2.30. The summed E-state index contributed by atoms with van der Waals surface area (Å²) in [5, 5.41) is 3.40. The average molecular weight is 335 g/mol. The number of hydrogen-bond donors (Lipinski definition) is 1. The van der Waals surface area contributed by atoms with Crippen LogP contribution in [0.1, 0.15) is 12.5 Å². The van der Waals surface area contributed by atoms with Crippen molar-refractivity contribution >= 4 is 49.8 Å². The molecule has 5 nitrogen and oxygen atoms in total. The molecule has 1 fully saturated rings. The smallest absolute Gasteiger partial charge is 0.285 e. The number of nitrogens with one attached hydrogen (secondary N) is 1. The number of ether oxygens (including phenoxy) is 1. The highest BCUT2D eigenvalue weighted by atomic mass is 32.1. The molecule has 1 aromatic heterocycles. The van der Waals surface area contributed by atoms with E-state index < -0.39 is 0 Å². The number of nitrogens with zero attached hydrogens (tertiary/aromatic N) is 2. The summed E-state index contributed by atoms with van der Waals surface area (Å²) in [5.41, 5.74) is 2.16. The van der Waals surface area contributed by atoms with Crippen LogP contribution in [0, 0.1) is 0 Å². The van der Waals surface area contributed by atoms with E-state index in [1.54, 1.807) is 0 Å². The predicted octanol–water partition coefficient (Wildman–Crippen LogP) is 2.46. The molecule has 0 unspecified atom stereocenters. The molecule has 1 aliphatic heterocycles. The topological polar surface area (TPSA) is 54.5 Å². The summed E-state index contributed by atoms with van der Waals surface area (Å²) < 4.78 is 6.34. The quantitative estimate of drug-likeness (QED) is 0.855. The number of amides is 1. The van der Waals surface area contributed by atoms with Gasteiger partial charge in [0.15, 0.2) is 10.1 Å². The van der Waals surface area contributed by atoms with Gasteiger partial charge in [-0.05, 0) is 24.1 Å². The van der Waals surface area contributed by atoms with Crippen molar-refractivity contribution in [1.29, 1.82) is 0 Å². The molecule has 2 heterocycles. The number of carbonyl (C=O) groups is 1. The van der Waals surface area contributed by atoms with Crippen LogP contribution in [0.15, 0.2) is 18.2 Å². The lowest BCUT2D eigenvalue weighted by molar-refractivity contribution is -0.111. The molecule has 1 aliphatic rings. The number of fused-ring (bicyclic) bond motifs is 1. The molecule has 2 aromatic rings. The molecule has 0 aliphatic carbocycles. The maximum Gasteiger partial charge on any atom is 0.285 e. The standard InChI is InChI=1S/C15H17N3O2S2/c1-2-10-3-4-11-12(9-10)22-15(16-11)17-13(19)14(21)18-5-7-20-8-6-18/h3-4,9H,2,5-8H2,1H3,(H,16,17,19). The van der Waals surface area contributed by atoms with Gasteiger partial charge in [0.2, 0.25) is 0 Å². The van der Waals surface area contributed by atoms with Gasteiger partial charge in [0, 0.05) is 13.1 Å². The molecular formula is C15H17N3O2S2. The zero-order valence-corrected chi connectivity index (χ0v) is 13.9.